The van der Waals surface area contributed by atoms with Crippen LogP contribution in [0.3, 0.4) is 0 Å². The van der Waals surface area contributed by atoms with E-state index in [0.717, 1.165) is 11.1 Å². The summed E-state index contributed by atoms with van der Waals surface area (Å²) < 4.78 is 0. The summed E-state index contributed by atoms with van der Waals surface area (Å²) in [5.74, 6) is 0. The maximum Gasteiger partial charge on any atom is 0.304 e. The molecular weight excluding hydrogens is 288 g/mol. The Hall–Kier alpha value is -1.91. The van der Waals surface area contributed by atoms with Crippen molar-refractivity contribution in [1.82, 2.24) is 5.32 Å². The van der Waals surface area contributed by atoms with Crippen molar-refractivity contribution < 1.29 is 4.92 Å². The van der Waals surface area contributed by atoms with Crippen molar-refractivity contribution in [2.75, 3.05) is 7.05 Å². The van der Waals surface area contributed by atoms with Gasteiger partial charge in [-0.25, -0.2) is 0 Å². The molecule has 0 heterocycles. The van der Waals surface area contributed by atoms with Gasteiger partial charge >= 0.3 is 5.66 Å². The Morgan fingerprint density at radius 3 is 2.14 bits per heavy atom. The molecule has 2 aromatic carbocycles. The lowest BCUT2D eigenvalue weighted by molar-refractivity contribution is -0.587. The summed E-state index contributed by atoms with van der Waals surface area (Å²) in [4.78, 5) is 11.4. The predicted octanol–water partition coefficient (Wildman–Crippen LogP) is 3.31. The lowest BCUT2D eigenvalue weighted by atomic mass is 9.92. The number of likely N-dealkylation sites (N-methyl/N-ethyl adjacent to an activating group) is 1. The van der Waals surface area contributed by atoms with Gasteiger partial charge in [0.05, 0.1) is 6.42 Å². The van der Waals surface area contributed by atoms with Gasteiger partial charge in [0.2, 0.25) is 0 Å². The lowest BCUT2D eigenvalue weighted by Crippen LogP contribution is -2.49. The maximum absolute atomic E-state index is 11.7. The van der Waals surface area contributed by atoms with Crippen LogP contribution in [-0.2, 0) is 12.1 Å². The summed E-state index contributed by atoms with van der Waals surface area (Å²) in [6, 6.07) is 16.9. The highest BCUT2D eigenvalue weighted by atomic mass is 35.5. The molecule has 0 saturated heterocycles. The summed E-state index contributed by atoms with van der Waals surface area (Å²) in [6.07, 6.45) is 0.306. The van der Waals surface area contributed by atoms with Gasteiger partial charge in [0.25, 0.3) is 0 Å². The van der Waals surface area contributed by atoms with Crippen molar-refractivity contribution >= 4 is 12.4 Å². The predicted molar refractivity (Wildman–Crippen MR) is 86.3 cm³/mol. The van der Waals surface area contributed by atoms with Gasteiger partial charge in [-0.1, -0.05) is 60.2 Å². The summed E-state index contributed by atoms with van der Waals surface area (Å²) in [5.41, 5.74) is 1.38. The van der Waals surface area contributed by atoms with E-state index in [4.69, 9.17) is 0 Å². The van der Waals surface area contributed by atoms with Crippen LogP contribution < -0.4 is 5.32 Å². The summed E-state index contributed by atoms with van der Waals surface area (Å²) >= 11 is 0. The van der Waals surface area contributed by atoms with Crippen LogP contribution in [0.25, 0.3) is 0 Å². The van der Waals surface area contributed by atoms with Gasteiger partial charge < -0.3 is 0 Å². The highest BCUT2D eigenvalue weighted by Crippen LogP contribution is 2.26. The zero-order valence-electron chi connectivity index (χ0n) is 12.1. The van der Waals surface area contributed by atoms with Gasteiger partial charge in [0, 0.05) is 10.5 Å². The second-order valence-electron chi connectivity index (χ2n) is 4.90. The lowest BCUT2D eigenvalue weighted by Gasteiger charge is -2.25. The molecule has 0 bridgehead atoms. The van der Waals surface area contributed by atoms with Gasteiger partial charge in [-0.15, -0.1) is 12.4 Å². The van der Waals surface area contributed by atoms with E-state index in [2.05, 4.69) is 5.32 Å². The second kappa shape index (κ2) is 7.20. The third kappa shape index (κ3) is 3.60. The van der Waals surface area contributed by atoms with Crippen LogP contribution in [0, 0.1) is 17.0 Å². The molecule has 0 aliphatic carbocycles. The van der Waals surface area contributed by atoms with E-state index in [-0.39, 0.29) is 17.3 Å². The molecule has 21 heavy (non-hydrogen) atoms. The number of nitrogens with zero attached hydrogens (tertiary/aromatic N) is 1. The molecule has 0 fully saturated rings. The fourth-order valence-electron chi connectivity index (χ4n) is 2.32. The molecule has 0 saturated carbocycles. The molecular formula is C16H19ClN2O2. The Kier molecular flexibility index (Phi) is 5.88. The van der Waals surface area contributed by atoms with Crippen LogP contribution in [0.4, 0.5) is 0 Å². The minimum Gasteiger partial charge on any atom is -0.262 e. The van der Waals surface area contributed by atoms with E-state index >= 15 is 0 Å². The number of nitro groups is 1. The molecule has 2 aromatic rings. The third-order valence-corrected chi connectivity index (χ3v) is 3.56. The molecule has 5 heteroatoms. The standard InChI is InChI=1S/C16H18N2O2.ClH/c1-13-8-10-15(11-9-13)16(17-2,18(19)20)12-14-6-4-3-5-7-14;/h3-11,17H,12H2,1-2H3;1H. The van der Waals surface area contributed by atoms with E-state index in [1.54, 1.807) is 7.05 Å². The van der Waals surface area contributed by atoms with E-state index in [0.29, 0.717) is 12.0 Å². The molecule has 0 radical (unpaired) electrons. The fraction of sp³-hybridized carbons (Fsp3) is 0.250. The van der Waals surface area contributed by atoms with E-state index in [1.807, 2.05) is 61.5 Å². The minimum atomic E-state index is -1.30. The maximum atomic E-state index is 11.7. The Labute approximate surface area is 130 Å². The Morgan fingerprint density at radius 2 is 1.67 bits per heavy atom. The van der Waals surface area contributed by atoms with Crippen LogP contribution in [0.15, 0.2) is 54.6 Å². The van der Waals surface area contributed by atoms with Crippen molar-refractivity contribution in [1.29, 1.82) is 0 Å². The van der Waals surface area contributed by atoms with E-state index in [1.165, 1.54) is 0 Å². The second-order valence-corrected chi connectivity index (χ2v) is 4.90. The van der Waals surface area contributed by atoms with Gasteiger partial charge in [-0.2, -0.15) is 0 Å². The number of halogens is 1. The molecule has 0 aliphatic heterocycles. The van der Waals surface area contributed by atoms with Crippen molar-refractivity contribution in [3.05, 3.63) is 81.4 Å². The Balaban J connectivity index is 0.00000220. The smallest absolute Gasteiger partial charge is 0.262 e. The number of nitrogens with one attached hydrogen (secondary N) is 1. The quantitative estimate of drug-likeness (QED) is 0.524. The molecule has 1 atom stereocenters. The number of benzene rings is 2. The van der Waals surface area contributed by atoms with Gasteiger partial charge in [0.1, 0.15) is 0 Å². The molecule has 0 spiro atoms. The first-order chi connectivity index (χ1) is 9.58. The molecule has 0 aromatic heterocycles. The molecule has 1 unspecified atom stereocenters. The van der Waals surface area contributed by atoms with E-state index < -0.39 is 5.66 Å². The zero-order valence-corrected chi connectivity index (χ0v) is 12.9. The first kappa shape index (κ1) is 17.1. The van der Waals surface area contributed by atoms with Crippen LogP contribution in [0.5, 0.6) is 0 Å². The van der Waals surface area contributed by atoms with Gasteiger partial charge in [0.15, 0.2) is 0 Å². The summed E-state index contributed by atoms with van der Waals surface area (Å²) in [6.45, 7) is 1.97. The Morgan fingerprint density at radius 1 is 1.10 bits per heavy atom. The SMILES string of the molecule is CNC(Cc1ccccc1)(c1ccc(C)cc1)[N+](=O)[O-].Cl. The number of rotatable bonds is 5. The number of aryl methyl sites for hydroxylation is 1. The fourth-order valence-corrected chi connectivity index (χ4v) is 2.32. The zero-order chi connectivity index (χ0) is 14.6. The highest BCUT2D eigenvalue weighted by molar-refractivity contribution is 5.85. The van der Waals surface area contributed by atoms with Gasteiger partial charge in [-0.3, -0.25) is 15.4 Å². The van der Waals surface area contributed by atoms with Crippen molar-refractivity contribution in [3.63, 3.8) is 0 Å². The largest absolute Gasteiger partial charge is 0.304 e. The highest BCUT2D eigenvalue weighted by Gasteiger charge is 2.43. The van der Waals surface area contributed by atoms with Crippen molar-refractivity contribution in [3.8, 4) is 0 Å². The minimum absolute atomic E-state index is 0. The first-order valence-corrected chi connectivity index (χ1v) is 6.53. The van der Waals surface area contributed by atoms with Gasteiger partial charge in [-0.05, 0) is 19.5 Å². The number of hydrogen-bond donors (Lipinski definition) is 1. The van der Waals surface area contributed by atoms with Crippen LogP contribution in [0.1, 0.15) is 16.7 Å². The van der Waals surface area contributed by atoms with Crippen LogP contribution in [0.2, 0.25) is 0 Å². The van der Waals surface area contributed by atoms with Crippen molar-refractivity contribution in [2.24, 2.45) is 0 Å². The third-order valence-electron chi connectivity index (χ3n) is 3.56. The average Bonchev–Trinajstić information content (AvgIpc) is 2.46. The Bertz CT molecular complexity index is 587. The molecule has 2 rings (SSSR count). The molecule has 112 valence electrons. The molecule has 0 amide bonds. The van der Waals surface area contributed by atoms with Crippen LogP contribution in [-0.4, -0.2) is 12.0 Å². The summed E-state index contributed by atoms with van der Waals surface area (Å²) in [7, 11) is 1.63. The van der Waals surface area contributed by atoms with E-state index in [9.17, 15) is 10.1 Å². The molecule has 0 aliphatic rings. The normalized spacial score (nSPS) is 13.0. The molecule has 1 N–H and O–H groups in total. The van der Waals surface area contributed by atoms with Crippen molar-refractivity contribution in [2.45, 2.75) is 19.0 Å². The topological polar surface area (TPSA) is 55.2 Å². The first-order valence-electron chi connectivity index (χ1n) is 6.53. The molecule has 4 nitrogen and oxygen atoms in total. The monoisotopic (exact) mass is 306 g/mol. The average molecular weight is 307 g/mol. The summed E-state index contributed by atoms with van der Waals surface area (Å²) in [5, 5.41) is 14.6. The number of hydrogen-bond acceptors (Lipinski definition) is 3. The van der Waals surface area contributed by atoms with Crippen LogP contribution >= 0.6 is 12.4 Å².